The molecule has 0 unspecified atom stereocenters. The minimum Gasteiger partial charge on any atom is -0.260 e. The van der Waals surface area contributed by atoms with Gasteiger partial charge in [-0.15, -0.1) is 0 Å². The van der Waals surface area contributed by atoms with Crippen molar-refractivity contribution in [3.63, 3.8) is 0 Å². The highest BCUT2D eigenvalue weighted by Gasteiger charge is 2.14. The first-order valence-corrected chi connectivity index (χ1v) is 26.3. The van der Waals surface area contributed by atoms with Crippen LogP contribution in [0.3, 0.4) is 0 Å². The third kappa shape index (κ3) is 19.2. The molecular formula is C68H80N6. The normalized spacial score (nSPS) is 12.2. The van der Waals surface area contributed by atoms with Crippen molar-refractivity contribution in [2.24, 2.45) is 30.0 Å². The maximum atomic E-state index is 4.88. The fraction of sp³-hybridized carbons (Fsp3) is 0.294. The van der Waals surface area contributed by atoms with E-state index in [0.29, 0.717) is 23.7 Å². The Balaban J connectivity index is 0.000000208. The van der Waals surface area contributed by atoms with E-state index in [0.717, 1.165) is 69.5 Å². The lowest BCUT2D eigenvalue weighted by Crippen LogP contribution is -2.00. The molecule has 382 valence electrons. The second kappa shape index (κ2) is 29.3. The average molecular weight is 981 g/mol. The second-order valence-electron chi connectivity index (χ2n) is 20.4. The molecule has 0 atom stereocenters. The van der Waals surface area contributed by atoms with Crippen molar-refractivity contribution >= 4 is 70.4 Å². The van der Waals surface area contributed by atoms with Crippen molar-refractivity contribution in [3.8, 4) is 0 Å². The molecule has 7 aromatic carbocycles. The van der Waals surface area contributed by atoms with Gasteiger partial charge in [-0.2, -0.15) is 0 Å². The van der Waals surface area contributed by atoms with Gasteiger partial charge in [0, 0.05) is 49.1 Å². The molecule has 6 nitrogen and oxygen atoms in total. The van der Waals surface area contributed by atoms with Gasteiger partial charge in [0.1, 0.15) is 0 Å². The van der Waals surface area contributed by atoms with Crippen LogP contribution in [0.4, 0.5) is 34.1 Å². The Labute approximate surface area is 445 Å². The van der Waals surface area contributed by atoms with E-state index < -0.39 is 0 Å². The maximum Gasteiger partial charge on any atom is 0.0694 e. The van der Waals surface area contributed by atoms with Crippen LogP contribution in [-0.2, 0) is 0 Å². The SMILES string of the molecule is CC(C)c1cccc(C(C)C)c1N=CCC=Nc1c(C(C)C)cccc1C(C)C.CC(CC(C)=Nc1ccc(C)cc1)=Nc1ccc(C)cc1.Cc1ccc(N=Cc2cccc(C=Nc3ccc(C)cc3)c2)cc1. The van der Waals surface area contributed by atoms with E-state index in [9.17, 15) is 0 Å². The Morgan fingerprint density at radius 2 is 0.649 bits per heavy atom. The van der Waals surface area contributed by atoms with E-state index in [1.54, 1.807) is 0 Å². The van der Waals surface area contributed by atoms with Crippen molar-refractivity contribution in [2.45, 2.75) is 133 Å². The Morgan fingerprint density at radius 1 is 0.365 bits per heavy atom. The third-order valence-electron chi connectivity index (χ3n) is 12.3. The second-order valence-corrected chi connectivity index (χ2v) is 20.4. The molecule has 0 bridgehead atoms. The molecule has 0 heterocycles. The summed E-state index contributed by atoms with van der Waals surface area (Å²) in [5.74, 6) is 1.84. The topological polar surface area (TPSA) is 74.2 Å². The van der Waals surface area contributed by atoms with Crippen molar-refractivity contribution in [1.82, 2.24) is 0 Å². The highest BCUT2D eigenvalue weighted by atomic mass is 14.8. The summed E-state index contributed by atoms with van der Waals surface area (Å²) in [5.41, 5.74) is 20.7. The molecule has 7 rings (SSSR count). The average Bonchev–Trinajstić information content (AvgIpc) is 3.37. The number of benzene rings is 7. The summed E-state index contributed by atoms with van der Waals surface area (Å²) in [5, 5.41) is 0. The summed E-state index contributed by atoms with van der Waals surface area (Å²) in [4.78, 5) is 28.1. The minimum atomic E-state index is 0.459. The van der Waals surface area contributed by atoms with Gasteiger partial charge in [-0.3, -0.25) is 30.0 Å². The van der Waals surface area contributed by atoms with Gasteiger partial charge in [0.15, 0.2) is 0 Å². The number of aryl methyl sites for hydroxylation is 4. The van der Waals surface area contributed by atoms with Crippen LogP contribution >= 0.6 is 0 Å². The predicted octanol–water partition coefficient (Wildman–Crippen LogP) is 20.1. The molecule has 0 saturated carbocycles. The van der Waals surface area contributed by atoms with Crippen LogP contribution in [0.1, 0.15) is 161 Å². The van der Waals surface area contributed by atoms with E-state index in [-0.39, 0.29) is 0 Å². The summed E-state index contributed by atoms with van der Waals surface area (Å²) in [6.45, 7) is 30.3. The van der Waals surface area contributed by atoms with Gasteiger partial charge in [-0.25, -0.2) is 0 Å². The lowest BCUT2D eigenvalue weighted by molar-refractivity contribution is 0.835. The first kappa shape index (κ1) is 57.5. The molecule has 0 aliphatic carbocycles. The van der Waals surface area contributed by atoms with Gasteiger partial charge in [0.25, 0.3) is 0 Å². The molecule has 0 aliphatic heterocycles. The number of aliphatic imine (C=N–C) groups is 6. The van der Waals surface area contributed by atoms with E-state index in [2.05, 4.69) is 194 Å². The molecule has 0 saturated heterocycles. The predicted molar refractivity (Wildman–Crippen MR) is 326 cm³/mol. The lowest BCUT2D eigenvalue weighted by atomic mass is 9.93. The summed E-state index contributed by atoms with van der Waals surface area (Å²) >= 11 is 0. The number of hydrogen-bond donors (Lipinski definition) is 0. The van der Waals surface area contributed by atoms with E-state index in [1.165, 1.54) is 44.5 Å². The monoisotopic (exact) mass is 981 g/mol. The Kier molecular flexibility index (Phi) is 22.8. The summed E-state index contributed by atoms with van der Waals surface area (Å²) < 4.78 is 0. The van der Waals surface area contributed by atoms with Gasteiger partial charge in [0.2, 0.25) is 0 Å². The zero-order valence-corrected chi connectivity index (χ0v) is 46.7. The van der Waals surface area contributed by atoms with Crippen LogP contribution in [0, 0.1) is 27.7 Å². The fourth-order valence-electron chi connectivity index (χ4n) is 8.06. The standard InChI is InChI=1S/C27H38N2.C22H20N2.C19H22N2/c1-18(2)22-12-9-13-23(19(3)4)26(22)28-16-11-17-29-27-24(20(5)6)14-10-15-25(27)21(7)8;1-17-6-10-21(11-7-17)23-15-19-4-3-5-20(14-19)16-24-22-12-8-18(2)9-13-22;1-14-5-9-18(10-6-14)20-16(3)13-17(4)21-19-11-7-15(2)8-12-19/h9-10,12-21H,11H2,1-8H3;3-16H,1-2H3;5-12H,13H2,1-4H3. The molecule has 0 amide bonds. The molecule has 74 heavy (non-hydrogen) atoms. The molecule has 0 radical (unpaired) electrons. The van der Waals surface area contributed by atoms with Crippen LogP contribution in [0.15, 0.2) is 188 Å². The number of rotatable bonds is 16. The van der Waals surface area contributed by atoms with E-state index in [1.807, 2.05) is 105 Å². The third-order valence-corrected chi connectivity index (χ3v) is 12.3. The van der Waals surface area contributed by atoms with E-state index in [4.69, 9.17) is 9.98 Å². The largest absolute Gasteiger partial charge is 0.260 e. The lowest BCUT2D eigenvalue weighted by Gasteiger charge is -2.16. The van der Waals surface area contributed by atoms with Crippen LogP contribution in [0.2, 0.25) is 0 Å². The van der Waals surface area contributed by atoms with Crippen molar-refractivity contribution in [3.05, 3.63) is 213 Å². The van der Waals surface area contributed by atoms with Crippen molar-refractivity contribution < 1.29 is 0 Å². The number of nitrogens with zero attached hydrogens (tertiary/aromatic N) is 6. The zero-order chi connectivity index (χ0) is 53.6. The smallest absolute Gasteiger partial charge is 0.0694 e. The van der Waals surface area contributed by atoms with Crippen LogP contribution in [0.25, 0.3) is 0 Å². The first-order chi connectivity index (χ1) is 35.4. The van der Waals surface area contributed by atoms with Gasteiger partial charge in [-0.05, 0) is 153 Å². The molecule has 0 spiro atoms. The summed E-state index contributed by atoms with van der Waals surface area (Å²) in [6, 6.07) is 54.2. The summed E-state index contributed by atoms with van der Waals surface area (Å²) in [6.07, 6.45) is 9.30. The molecule has 6 heteroatoms. The molecule has 7 aromatic rings. The molecule has 0 aliphatic rings. The number of hydrogen-bond acceptors (Lipinski definition) is 6. The van der Waals surface area contributed by atoms with Crippen molar-refractivity contribution in [1.29, 1.82) is 0 Å². The fourth-order valence-corrected chi connectivity index (χ4v) is 8.06. The molecule has 0 fully saturated rings. The van der Waals surface area contributed by atoms with Crippen molar-refractivity contribution in [2.75, 3.05) is 0 Å². The zero-order valence-electron chi connectivity index (χ0n) is 46.7. The van der Waals surface area contributed by atoms with Gasteiger partial charge in [0.05, 0.1) is 34.1 Å². The summed E-state index contributed by atoms with van der Waals surface area (Å²) in [7, 11) is 0. The van der Waals surface area contributed by atoms with E-state index >= 15 is 0 Å². The Bertz CT molecular complexity index is 2760. The van der Waals surface area contributed by atoms with Gasteiger partial charge in [-0.1, -0.05) is 181 Å². The van der Waals surface area contributed by atoms with Crippen LogP contribution in [0.5, 0.6) is 0 Å². The maximum absolute atomic E-state index is 4.88. The highest BCUT2D eigenvalue weighted by Crippen LogP contribution is 2.36. The molecule has 0 N–H and O–H groups in total. The Morgan fingerprint density at radius 3 is 0.946 bits per heavy atom. The molecular weight excluding hydrogens is 901 g/mol. The minimum absolute atomic E-state index is 0.459. The number of para-hydroxylation sites is 2. The Hall–Kier alpha value is -7.44. The van der Waals surface area contributed by atoms with Gasteiger partial charge < -0.3 is 0 Å². The van der Waals surface area contributed by atoms with Gasteiger partial charge >= 0.3 is 0 Å². The van der Waals surface area contributed by atoms with Crippen LogP contribution < -0.4 is 0 Å². The highest BCUT2D eigenvalue weighted by molar-refractivity contribution is 6.04. The molecule has 0 aromatic heterocycles. The first-order valence-electron chi connectivity index (χ1n) is 26.3. The quantitative estimate of drug-likeness (QED) is 0.0866. The van der Waals surface area contributed by atoms with Crippen LogP contribution in [-0.4, -0.2) is 36.3 Å².